The molecule has 14 nitrogen and oxygen atoms in total. The number of thioether (sulfide) groups is 2. The second kappa shape index (κ2) is 36.6. The van der Waals surface area contributed by atoms with E-state index in [1.54, 1.807) is 13.8 Å². The summed E-state index contributed by atoms with van der Waals surface area (Å²) in [5.41, 5.74) is 0. The Kier molecular flexibility index (Phi) is 39.0. The van der Waals surface area contributed by atoms with Gasteiger partial charge in [0.25, 0.3) is 0 Å². The number of halogens is 3. The Balaban J connectivity index is 0. The first-order valence-corrected chi connectivity index (χ1v) is 63.9. The molecule has 87 heavy (non-hydrogen) atoms. The number of aliphatic hydroxyl groups is 2. The van der Waals surface area contributed by atoms with Crippen LogP contribution >= 0.6 is 83.5 Å². The van der Waals surface area contributed by atoms with Gasteiger partial charge in [-0.3, -0.25) is 9.59 Å². The first-order valence-electron chi connectivity index (χ1n) is 31.0. The van der Waals surface area contributed by atoms with Gasteiger partial charge in [0.2, 0.25) is 0 Å². The number of carbonyl (C=O) groups excluding carboxylic acids is 2. The van der Waals surface area contributed by atoms with Crippen molar-refractivity contribution in [2.24, 2.45) is 5.92 Å². The van der Waals surface area contributed by atoms with E-state index < -0.39 is 106 Å². The molecule has 2 saturated heterocycles. The zero-order valence-corrected chi connectivity index (χ0v) is 75.9. The molecule has 0 amide bonds. The number of carbonyl (C=O) groups is 2. The summed E-state index contributed by atoms with van der Waals surface area (Å²) in [7, 11) is -13.9. The van der Waals surface area contributed by atoms with Crippen LogP contribution in [0.5, 0.6) is 0 Å². The van der Waals surface area contributed by atoms with E-state index in [1.165, 1.54) is 23.5 Å². The monoisotopic (exact) mass is 1750 g/mol. The molecule has 26 heteroatoms. The predicted octanol–water partition coefficient (Wildman–Crippen LogP) is 19.0. The molecule has 0 aromatic heterocycles. The van der Waals surface area contributed by atoms with Gasteiger partial charge in [0.1, 0.15) is 30.5 Å². The summed E-state index contributed by atoms with van der Waals surface area (Å²) < 4.78 is 69.6. The minimum absolute atomic E-state index is 0. The fourth-order valence-corrected chi connectivity index (χ4v) is 16.4. The van der Waals surface area contributed by atoms with Gasteiger partial charge < -0.3 is 55.7 Å². The molecule has 0 saturated carbocycles. The standard InChI is InChI=1S/C31H66O6SSi3.C29H62O8SSi3.CH4.3HI.V/c1-19-22(2)20-33-28-27(37-41(17,18)31(10,11)12)26(36-40(15,16)30(7,8)9)25(24(34-28)21-38-23(3)32)35-39(13,14)29(4,5)6;1-20(31)38-19-22-23(35-39(11,12)27(2,3)4)24(36-40(13,14)28(5,6)7)25(37-41(15,16)29(8,9)10)26(34-22)33-18-21(32)17-30;;;;;/h22,24-28H,19-21H2,1-18H3;21-26,30,32H,17-19H2,1-16H3;1H4;3*1H;/q;;;;;;+3/p-3. The van der Waals surface area contributed by atoms with Crippen LogP contribution in [-0.4, -0.2) is 169 Å². The van der Waals surface area contributed by atoms with Gasteiger partial charge in [-0.1, -0.05) is 176 Å². The second-order valence-corrected chi connectivity index (χ2v) is 99.3. The van der Waals surface area contributed by atoms with Crippen molar-refractivity contribution in [1.82, 2.24) is 0 Å². The third kappa shape index (κ3) is 29.9. The maximum absolute atomic E-state index is 12.2. The topological polar surface area (TPSA) is 167 Å². The quantitative estimate of drug-likeness (QED) is 0.0691. The third-order valence-corrected chi connectivity index (χ3v) is 48.1. The number of hydrogen-bond donors (Lipinski definition) is 2. The van der Waals surface area contributed by atoms with Crippen molar-refractivity contribution in [3.63, 3.8) is 0 Å². The summed E-state index contributed by atoms with van der Waals surface area (Å²) in [4.78, 5) is 24.0. The van der Waals surface area contributed by atoms with Crippen molar-refractivity contribution < 1.29 is 70.2 Å². The first-order chi connectivity index (χ1) is 38.1. The molecule has 2 fully saturated rings. The zero-order valence-electron chi connectivity index (χ0n) is 60.4. The Morgan fingerprint density at radius 1 is 0.471 bits per heavy atom. The van der Waals surface area contributed by atoms with Gasteiger partial charge in [0, 0.05) is 25.4 Å². The summed E-state index contributed by atoms with van der Waals surface area (Å²) in [5.74, 6) is 1.25. The second-order valence-electron chi connectivity index (χ2n) is 33.0. The minimum atomic E-state index is -2.38. The molecule has 0 aromatic rings. The SMILES string of the molecule is C.CC(=O)SCC1OC(OCC(O)CO)C(O[Si](C)(C)C(C)(C)C)C(O[Si](C)(C)C(C)(C)C)C1O[Si](C)(C)C(C)(C)C.CCC(C)COC1OC(CSC(C)=O)C(O[Si](C)(C)C(C)(C)C)C(O[Si](C)(C)C(C)(C)C)C1O[Si](C)(C)C(C)(C)C.[I][V]([I])[I]. The molecule has 0 aromatic carbocycles. The maximum atomic E-state index is 12.2. The van der Waals surface area contributed by atoms with Crippen molar-refractivity contribution in [2.45, 2.75) is 342 Å². The number of hydrogen-bond acceptors (Lipinski definition) is 16. The van der Waals surface area contributed by atoms with Gasteiger partial charge in [-0.15, -0.1) is 0 Å². The van der Waals surface area contributed by atoms with Gasteiger partial charge >= 0.3 is 64.9 Å². The van der Waals surface area contributed by atoms with Crippen molar-refractivity contribution in [3.8, 4) is 0 Å². The average Bonchev–Trinajstić information content (AvgIpc) is 0.874. The molecular formula is C61H132I3O14S2Si6V. The van der Waals surface area contributed by atoms with Crippen LogP contribution < -0.4 is 0 Å². The van der Waals surface area contributed by atoms with E-state index >= 15 is 0 Å². The van der Waals surface area contributed by atoms with E-state index in [2.05, 4.69) is 277 Å². The summed E-state index contributed by atoms with van der Waals surface area (Å²) in [6.45, 7) is 74.7. The number of aliphatic hydroxyl groups excluding tert-OH is 2. The zero-order chi connectivity index (χ0) is 68.4. The molecule has 2 aliphatic heterocycles. The van der Waals surface area contributed by atoms with Crippen LogP contribution in [0.2, 0.25) is 109 Å². The summed E-state index contributed by atoms with van der Waals surface area (Å²) in [5, 5.41) is 19.5. The molecule has 12 unspecified atom stereocenters. The molecule has 2 N–H and O–H groups in total. The average molecular weight is 1750 g/mol. The van der Waals surface area contributed by atoms with Crippen molar-refractivity contribution in [2.75, 3.05) is 31.3 Å². The first kappa shape index (κ1) is 92.7. The van der Waals surface area contributed by atoms with Crippen LogP contribution in [0, 0.1) is 5.92 Å². The van der Waals surface area contributed by atoms with Gasteiger partial charge in [-0.25, -0.2) is 0 Å². The molecule has 2 aliphatic rings. The summed E-state index contributed by atoms with van der Waals surface area (Å²) >= 11 is 9.88. The van der Waals surface area contributed by atoms with Crippen molar-refractivity contribution >= 4 is 144 Å². The van der Waals surface area contributed by atoms with Crippen LogP contribution in [0.1, 0.15) is 166 Å². The van der Waals surface area contributed by atoms with Crippen LogP contribution in [0.25, 0.3) is 0 Å². The van der Waals surface area contributed by atoms with E-state index in [0.29, 0.717) is 24.0 Å². The molecule has 0 radical (unpaired) electrons. The van der Waals surface area contributed by atoms with Crippen LogP contribution in [0.4, 0.5) is 0 Å². The number of rotatable bonds is 24. The molecule has 0 aliphatic carbocycles. The summed E-state index contributed by atoms with van der Waals surface area (Å²) in [6, 6.07) is 0. The molecular weight excluding hydrogens is 1620 g/mol. The van der Waals surface area contributed by atoms with E-state index in [9.17, 15) is 19.8 Å². The summed E-state index contributed by atoms with van der Waals surface area (Å²) in [6.07, 6.45) is -5.26. The van der Waals surface area contributed by atoms with E-state index in [4.69, 9.17) is 45.5 Å². The molecule has 522 valence electrons. The van der Waals surface area contributed by atoms with E-state index in [-0.39, 0.29) is 77.7 Å². The molecule has 12 atom stereocenters. The van der Waals surface area contributed by atoms with Crippen LogP contribution in [-0.2, 0) is 60.0 Å². The van der Waals surface area contributed by atoms with Crippen molar-refractivity contribution in [1.29, 1.82) is 0 Å². The Morgan fingerprint density at radius 3 is 0.897 bits per heavy atom. The van der Waals surface area contributed by atoms with Crippen molar-refractivity contribution in [3.05, 3.63) is 0 Å². The Hall–Kier alpha value is 3.64. The van der Waals surface area contributed by atoms with Gasteiger partial charge in [-0.05, 0) is 115 Å². The normalized spacial score (nSPS) is 25.1. The molecule has 2 rings (SSSR count). The van der Waals surface area contributed by atoms with Crippen LogP contribution in [0.3, 0.4) is 0 Å². The molecule has 0 bridgehead atoms. The van der Waals surface area contributed by atoms with Gasteiger partial charge in [0.05, 0.1) is 44.2 Å². The fourth-order valence-electron chi connectivity index (χ4n) is 7.23. The van der Waals surface area contributed by atoms with Gasteiger partial charge in [0.15, 0.2) is 72.7 Å². The van der Waals surface area contributed by atoms with E-state index in [1.807, 2.05) is 0 Å². The van der Waals surface area contributed by atoms with E-state index in [0.717, 1.165) is 6.42 Å². The fraction of sp³-hybridized carbons (Fsp3) is 0.967. The Labute approximate surface area is 587 Å². The Bertz CT molecular complexity index is 1900. The van der Waals surface area contributed by atoms with Crippen LogP contribution in [0.15, 0.2) is 0 Å². The van der Waals surface area contributed by atoms with Gasteiger partial charge in [-0.2, -0.15) is 0 Å². The molecule has 2 heterocycles. The molecule has 0 spiro atoms. The Morgan fingerprint density at radius 2 is 0.690 bits per heavy atom. The third-order valence-electron chi connectivity index (χ3n) is 19.4. The number of ether oxygens (including phenoxy) is 4. The predicted molar refractivity (Wildman–Crippen MR) is 409 cm³/mol.